The number of amides is 1. The topological polar surface area (TPSA) is 99.1 Å². The molecule has 0 saturated heterocycles. The third kappa shape index (κ3) is 10.2. The number of nitrogens with one attached hydrogen (secondary N) is 1. The third-order valence-electron chi connectivity index (χ3n) is 7.47. The van der Waals surface area contributed by atoms with Gasteiger partial charge in [-0.15, -0.1) is 0 Å². The van der Waals surface area contributed by atoms with Crippen LogP contribution in [-0.4, -0.2) is 53.6 Å². The average Bonchev–Trinajstić information content (AvgIpc) is 2.90. The van der Waals surface area contributed by atoms with Gasteiger partial charge in [0, 0.05) is 33.4 Å². The van der Waals surface area contributed by atoms with Gasteiger partial charge in [0.1, 0.15) is 17.8 Å². The average molecular weight is 609 g/mol. The Bertz CT molecular complexity index is 1220. The van der Waals surface area contributed by atoms with Gasteiger partial charge in [-0.2, -0.15) is 0 Å². The summed E-state index contributed by atoms with van der Waals surface area (Å²) in [5, 5.41) is 11.7. The normalized spacial score (nSPS) is 19.1. The number of hydrogen-bond acceptors (Lipinski definition) is 5. The van der Waals surface area contributed by atoms with Crippen LogP contribution in [0.4, 0.5) is 4.39 Å². The lowest BCUT2D eigenvalue weighted by Gasteiger charge is -2.46. The van der Waals surface area contributed by atoms with Gasteiger partial charge in [0.05, 0.1) is 13.0 Å². The molecule has 0 bridgehead atoms. The summed E-state index contributed by atoms with van der Waals surface area (Å²) in [4.78, 5) is 39.8. The predicted octanol–water partition coefficient (Wildman–Crippen LogP) is 7.03. The molecule has 3 rings (SSSR count). The van der Waals surface area contributed by atoms with Crippen molar-refractivity contribution in [2.45, 2.75) is 72.0 Å². The number of halogens is 3. The number of carboxylic acid groups (broad SMARTS) is 1. The summed E-state index contributed by atoms with van der Waals surface area (Å²) in [5.74, 6) is -0.777. The second-order valence-electron chi connectivity index (χ2n) is 11.4. The van der Waals surface area contributed by atoms with Crippen molar-refractivity contribution in [3.63, 3.8) is 0 Å². The van der Waals surface area contributed by atoms with Gasteiger partial charge in [-0.1, -0.05) is 56.1 Å². The van der Waals surface area contributed by atoms with Crippen molar-refractivity contribution in [2.75, 3.05) is 13.6 Å². The molecule has 0 atom stereocenters. The highest BCUT2D eigenvalue weighted by Gasteiger charge is 2.42. The zero-order valence-corrected chi connectivity index (χ0v) is 25.9. The van der Waals surface area contributed by atoms with Crippen LogP contribution in [0.25, 0.3) is 0 Å². The molecular formula is C31H40Cl2FN3O4. The Hall–Kier alpha value is -2.81. The van der Waals surface area contributed by atoms with Crippen molar-refractivity contribution < 1.29 is 23.9 Å². The molecule has 0 unspecified atom stereocenters. The quantitative estimate of drug-likeness (QED) is 0.223. The van der Waals surface area contributed by atoms with Crippen LogP contribution >= 0.6 is 23.2 Å². The van der Waals surface area contributed by atoms with Crippen LogP contribution in [0, 0.1) is 17.2 Å². The van der Waals surface area contributed by atoms with E-state index in [0.29, 0.717) is 52.9 Å². The number of aliphatic imine (C=N–C) groups is 1. The maximum atomic E-state index is 14.7. The van der Waals surface area contributed by atoms with E-state index in [1.165, 1.54) is 6.07 Å². The van der Waals surface area contributed by atoms with E-state index < -0.39 is 17.4 Å². The fraction of sp³-hybridized carbons (Fsp3) is 0.484. The van der Waals surface area contributed by atoms with Gasteiger partial charge in [-0.05, 0) is 80.8 Å². The molecule has 10 heteroatoms. The summed E-state index contributed by atoms with van der Waals surface area (Å²) in [6.07, 6.45) is 4.67. The van der Waals surface area contributed by atoms with Crippen LogP contribution in [-0.2, 0) is 16.1 Å². The maximum absolute atomic E-state index is 14.7. The van der Waals surface area contributed by atoms with Gasteiger partial charge < -0.3 is 15.3 Å². The van der Waals surface area contributed by atoms with E-state index in [1.807, 2.05) is 6.92 Å². The highest BCUT2D eigenvalue weighted by molar-refractivity contribution is 6.35. The third-order valence-corrected chi connectivity index (χ3v) is 7.91. The summed E-state index contributed by atoms with van der Waals surface area (Å²) in [7, 11) is 1.73. The Morgan fingerprint density at radius 1 is 1.15 bits per heavy atom. The first-order chi connectivity index (χ1) is 19.2. The highest BCUT2D eigenvalue weighted by Crippen LogP contribution is 2.45. The van der Waals surface area contributed by atoms with Gasteiger partial charge in [-0.3, -0.25) is 19.4 Å². The SMILES string of the molecule is C/C(=N\C1(N(C=O)Cc2ccc(C=O)cc2F)CCC(C(C)(C)C)CC1)c1cc(Cl)cc(Cl)c1.CNCCC(=O)O. The van der Waals surface area contributed by atoms with E-state index in [0.717, 1.165) is 24.8 Å². The van der Waals surface area contributed by atoms with Crippen LogP contribution in [0.15, 0.2) is 41.4 Å². The molecule has 1 aliphatic rings. The molecule has 1 saturated carbocycles. The largest absolute Gasteiger partial charge is 0.481 e. The lowest BCUT2D eigenvalue weighted by molar-refractivity contribution is -0.136. The maximum Gasteiger partial charge on any atom is 0.304 e. The molecule has 1 fully saturated rings. The van der Waals surface area contributed by atoms with Crippen molar-refractivity contribution in [1.29, 1.82) is 0 Å². The Balaban J connectivity index is 0.000000745. The number of aldehydes is 1. The summed E-state index contributed by atoms with van der Waals surface area (Å²) >= 11 is 12.4. The molecule has 0 spiro atoms. The lowest BCUT2D eigenvalue weighted by Crippen LogP contribution is -2.50. The van der Waals surface area contributed by atoms with Crippen molar-refractivity contribution in [3.05, 3.63) is 69.0 Å². The molecule has 0 heterocycles. The summed E-state index contributed by atoms with van der Waals surface area (Å²) in [6.45, 7) is 9.18. The Morgan fingerprint density at radius 2 is 1.76 bits per heavy atom. The number of carboxylic acids is 1. The molecule has 224 valence electrons. The van der Waals surface area contributed by atoms with Crippen molar-refractivity contribution in [1.82, 2.24) is 10.2 Å². The molecule has 0 aromatic heterocycles. The van der Waals surface area contributed by atoms with Gasteiger partial charge in [-0.25, -0.2) is 4.39 Å². The van der Waals surface area contributed by atoms with Crippen LogP contribution in [0.3, 0.4) is 0 Å². The molecule has 2 aromatic carbocycles. The number of carbonyl (C=O) groups is 3. The van der Waals surface area contributed by atoms with Crippen molar-refractivity contribution >= 4 is 47.6 Å². The first kappa shape index (κ1) is 34.4. The fourth-order valence-corrected chi connectivity index (χ4v) is 5.54. The van der Waals surface area contributed by atoms with Crippen LogP contribution < -0.4 is 5.32 Å². The van der Waals surface area contributed by atoms with Gasteiger partial charge in [0.15, 0.2) is 0 Å². The first-order valence-corrected chi connectivity index (χ1v) is 14.3. The number of aliphatic carboxylic acids is 1. The fourth-order valence-electron chi connectivity index (χ4n) is 5.01. The van der Waals surface area contributed by atoms with Gasteiger partial charge >= 0.3 is 5.97 Å². The molecule has 0 aliphatic heterocycles. The molecule has 2 N–H and O–H groups in total. The first-order valence-electron chi connectivity index (χ1n) is 13.6. The van der Waals surface area contributed by atoms with E-state index in [4.69, 9.17) is 33.3 Å². The molecule has 1 amide bonds. The number of benzene rings is 2. The molecule has 7 nitrogen and oxygen atoms in total. The van der Waals surface area contributed by atoms with Crippen LogP contribution in [0.1, 0.15) is 81.3 Å². The standard InChI is InChI=1S/C27H31Cl2FN2O2.C4H9NO2/c1-18(21-12-23(28)14-24(29)13-21)31-27(9-7-22(8-10-27)26(2,3)4)32(17-34)15-20-6-5-19(16-33)11-25(20)30;1-5-3-2-4(6)7/h5-6,11-14,16-17,22H,7-10,15H2,1-4H3;5H,2-3H2,1H3,(H,6,7)/b31-18+;. The smallest absolute Gasteiger partial charge is 0.304 e. The minimum Gasteiger partial charge on any atom is -0.481 e. The molecule has 41 heavy (non-hydrogen) atoms. The van der Waals surface area contributed by atoms with E-state index >= 15 is 0 Å². The number of hydrogen-bond donors (Lipinski definition) is 2. The van der Waals surface area contributed by atoms with Crippen molar-refractivity contribution in [2.24, 2.45) is 16.3 Å². The Morgan fingerprint density at radius 3 is 2.20 bits per heavy atom. The summed E-state index contributed by atoms with van der Waals surface area (Å²) < 4.78 is 14.7. The minimum absolute atomic E-state index is 0.0573. The number of carbonyl (C=O) groups excluding carboxylic acids is 2. The summed E-state index contributed by atoms with van der Waals surface area (Å²) in [6, 6.07) is 9.55. The second-order valence-corrected chi connectivity index (χ2v) is 12.3. The Labute approximate surface area is 252 Å². The molecule has 2 aromatic rings. The highest BCUT2D eigenvalue weighted by atomic mass is 35.5. The molecule has 0 radical (unpaired) electrons. The minimum atomic E-state index is -0.821. The zero-order valence-electron chi connectivity index (χ0n) is 24.3. The van der Waals surface area contributed by atoms with E-state index in [1.54, 1.807) is 42.3 Å². The van der Waals surface area contributed by atoms with Crippen LogP contribution in [0.5, 0.6) is 0 Å². The summed E-state index contributed by atoms with van der Waals surface area (Å²) in [5.41, 5.74) is 1.41. The molecule has 1 aliphatic carbocycles. The molecular weight excluding hydrogens is 568 g/mol. The Kier molecular flexibility index (Phi) is 12.9. The second kappa shape index (κ2) is 15.4. The number of nitrogens with zero attached hydrogens (tertiary/aromatic N) is 2. The van der Waals surface area contributed by atoms with Gasteiger partial charge in [0.25, 0.3) is 0 Å². The van der Waals surface area contributed by atoms with Crippen molar-refractivity contribution in [3.8, 4) is 0 Å². The number of rotatable bonds is 10. The van der Waals surface area contributed by atoms with E-state index in [9.17, 15) is 18.8 Å². The van der Waals surface area contributed by atoms with E-state index in [-0.39, 0.29) is 23.9 Å². The monoisotopic (exact) mass is 607 g/mol. The van der Waals surface area contributed by atoms with Crippen LogP contribution in [0.2, 0.25) is 10.0 Å². The van der Waals surface area contributed by atoms with E-state index in [2.05, 4.69) is 26.1 Å². The van der Waals surface area contributed by atoms with Gasteiger partial charge in [0.2, 0.25) is 6.41 Å². The zero-order chi connectivity index (χ0) is 30.8. The predicted molar refractivity (Wildman–Crippen MR) is 162 cm³/mol. The lowest BCUT2D eigenvalue weighted by atomic mass is 9.69.